The lowest BCUT2D eigenvalue weighted by Crippen LogP contribution is -2.26. The van der Waals surface area contributed by atoms with Gasteiger partial charge in [-0.1, -0.05) is 0 Å². The van der Waals surface area contributed by atoms with Gasteiger partial charge in [-0.15, -0.1) is 0 Å². The average Bonchev–Trinajstić information content (AvgIpc) is 2.36. The third kappa shape index (κ3) is 3.15. The number of nitrogens with two attached hydrogens (primary N) is 1. The van der Waals surface area contributed by atoms with Gasteiger partial charge in [0, 0.05) is 11.8 Å². The first-order valence-electron chi connectivity index (χ1n) is 5.88. The van der Waals surface area contributed by atoms with Crippen LogP contribution in [0.3, 0.4) is 0 Å². The zero-order valence-electron chi connectivity index (χ0n) is 9.98. The highest BCUT2D eigenvalue weighted by atomic mass is 32.2. The van der Waals surface area contributed by atoms with Crippen LogP contribution in [0.5, 0.6) is 5.88 Å². The van der Waals surface area contributed by atoms with E-state index in [1.54, 1.807) is 0 Å². The predicted molar refractivity (Wildman–Crippen MR) is 71.6 cm³/mol. The van der Waals surface area contributed by atoms with E-state index >= 15 is 0 Å². The van der Waals surface area contributed by atoms with Gasteiger partial charge in [0.15, 0.2) is 5.82 Å². The molecule has 2 heterocycles. The molecular formula is C11H18N4OS. The molecule has 2 rings (SSSR count). The van der Waals surface area contributed by atoms with Crippen molar-refractivity contribution in [3.63, 3.8) is 0 Å². The monoisotopic (exact) mass is 254 g/mol. The molecule has 0 amide bonds. The molecule has 1 fully saturated rings. The highest BCUT2D eigenvalue weighted by Gasteiger charge is 2.16. The number of hydrogen-bond donors (Lipinski definition) is 2. The van der Waals surface area contributed by atoms with Crippen LogP contribution < -0.4 is 15.8 Å². The van der Waals surface area contributed by atoms with Crippen molar-refractivity contribution in [2.75, 3.05) is 29.2 Å². The van der Waals surface area contributed by atoms with Gasteiger partial charge in [-0.2, -0.15) is 16.7 Å². The molecule has 0 aliphatic carbocycles. The van der Waals surface area contributed by atoms with Crippen LogP contribution in [0.2, 0.25) is 0 Å². The van der Waals surface area contributed by atoms with Crippen molar-refractivity contribution in [3.8, 4) is 5.88 Å². The largest absolute Gasteiger partial charge is 0.476 e. The molecule has 1 saturated heterocycles. The second-order valence-electron chi connectivity index (χ2n) is 3.93. The molecule has 0 radical (unpaired) electrons. The van der Waals surface area contributed by atoms with Gasteiger partial charge >= 0.3 is 0 Å². The molecule has 5 nitrogen and oxygen atoms in total. The molecule has 1 aliphatic rings. The Labute approximate surface area is 106 Å². The lowest BCUT2D eigenvalue weighted by molar-refractivity contribution is 0.328. The Morgan fingerprint density at radius 1 is 1.59 bits per heavy atom. The van der Waals surface area contributed by atoms with E-state index in [1.165, 1.54) is 24.9 Å². The third-order valence-electron chi connectivity index (χ3n) is 2.63. The Morgan fingerprint density at radius 3 is 3.18 bits per heavy atom. The first-order valence-corrected chi connectivity index (χ1v) is 7.04. The summed E-state index contributed by atoms with van der Waals surface area (Å²) in [7, 11) is 0. The number of rotatable bonds is 4. The average molecular weight is 254 g/mol. The molecule has 3 N–H and O–H groups in total. The van der Waals surface area contributed by atoms with E-state index in [0.717, 1.165) is 5.75 Å². The predicted octanol–water partition coefficient (Wildman–Crippen LogP) is 1.76. The summed E-state index contributed by atoms with van der Waals surface area (Å²) in [6.45, 7) is 2.46. The van der Waals surface area contributed by atoms with Gasteiger partial charge < -0.3 is 15.8 Å². The molecule has 1 unspecified atom stereocenters. The Morgan fingerprint density at radius 2 is 2.47 bits per heavy atom. The molecular weight excluding hydrogens is 236 g/mol. The summed E-state index contributed by atoms with van der Waals surface area (Å²) in [5.41, 5.74) is 6.47. The number of ether oxygens (including phenoxy) is 1. The zero-order chi connectivity index (χ0) is 12.1. The number of nitrogens with zero attached hydrogens (tertiary/aromatic N) is 2. The van der Waals surface area contributed by atoms with E-state index < -0.39 is 0 Å². The number of nitrogen functional groups attached to an aromatic ring is 1. The maximum Gasteiger partial charge on any atom is 0.242 e. The quantitative estimate of drug-likeness (QED) is 0.853. The van der Waals surface area contributed by atoms with Crippen LogP contribution in [0.15, 0.2) is 6.33 Å². The number of hydrogen-bond acceptors (Lipinski definition) is 6. The fourth-order valence-electron chi connectivity index (χ4n) is 1.79. The van der Waals surface area contributed by atoms with Crippen molar-refractivity contribution >= 4 is 23.3 Å². The van der Waals surface area contributed by atoms with Crippen LogP contribution in [0.25, 0.3) is 0 Å². The van der Waals surface area contributed by atoms with Gasteiger partial charge in [0.1, 0.15) is 12.0 Å². The van der Waals surface area contributed by atoms with Gasteiger partial charge in [-0.25, -0.2) is 4.98 Å². The topological polar surface area (TPSA) is 73.1 Å². The van der Waals surface area contributed by atoms with Gasteiger partial charge in [0.25, 0.3) is 0 Å². The Kier molecular flexibility index (Phi) is 4.30. The van der Waals surface area contributed by atoms with Crippen molar-refractivity contribution in [2.45, 2.75) is 25.8 Å². The minimum atomic E-state index is 0.445. The SMILES string of the molecule is CCOc1ncnc(NC2CCCSC2)c1N. The molecule has 0 aromatic carbocycles. The molecule has 1 aliphatic heterocycles. The highest BCUT2D eigenvalue weighted by Crippen LogP contribution is 2.27. The number of anilines is 2. The van der Waals surface area contributed by atoms with E-state index in [-0.39, 0.29) is 0 Å². The van der Waals surface area contributed by atoms with Gasteiger partial charge in [0.05, 0.1) is 6.61 Å². The fourth-order valence-corrected chi connectivity index (χ4v) is 2.87. The minimum absolute atomic E-state index is 0.445. The molecule has 0 bridgehead atoms. The van der Waals surface area contributed by atoms with E-state index in [0.29, 0.717) is 30.0 Å². The Bertz CT molecular complexity index is 368. The lowest BCUT2D eigenvalue weighted by Gasteiger charge is -2.23. The summed E-state index contributed by atoms with van der Waals surface area (Å²) in [4.78, 5) is 8.20. The fraction of sp³-hybridized carbons (Fsp3) is 0.636. The maximum absolute atomic E-state index is 5.97. The Balaban J connectivity index is 2.06. The van der Waals surface area contributed by atoms with E-state index in [9.17, 15) is 0 Å². The smallest absolute Gasteiger partial charge is 0.242 e. The summed E-state index contributed by atoms with van der Waals surface area (Å²) in [6.07, 6.45) is 3.89. The summed E-state index contributed by atoms with van der Waals surface area (Å²) < 4.78 is 5.35. The van der Waals surface area contributed by atoms with Crippen molar-refractivity contribution in [1.82, 2.24) is 9.97 Å². The Hall–Kier alpha value is -1.17. The van der Waals surface area contributed by atoms with Crippen molar-refractivity contribution < 1.29 is 4.74 Å². The van der Waals surface area contributed by atoms with E-state index in [4.69, 9.17) is 10.5 Å². The van der Waals surface area contributed by atoms with Gasteiger partial charge in [-0.3, -0.25) is 0 Å². The molecule has 1 atom stereocenters. The number of aromatic nitrogens is 2. The molecule has 94 valence electrons. The van der Waals surface area contributed by atoms with Crippen LogP contribution in [-0.2, 0) is 0 Å². The second kappa shape index (κ2) is 5.95. The van der Waals surface area contributed by atoms with Crippen LogP contribution in [-0.4, -0.2) is 34.1 Å². The van der Waals surface area contributed by atoms with Crippen LogP contribution >= 0.6 is 11.8 Å². The number of nitrogens with one attached hydrogen (secondary N) is 1. The first-order chi connectivity index (χ1) is 8.31. The molecule has 6 heteroatoms. The number of thioether (sulfide) groups is 1. The molecule has 1 aromatic heterocycles. The van der Waals surface area contributed by atoms with E-state index in [1.807, 2.05) is 18.7 Å². The van der Waals surface area contributed by atoms with Crippen LogP contribution in [0.1, 0.15) is 19.8 Å². The lowest BCUT2D eigenvalue weighted by atomic mass is 10.2. The zero-order valence-corrected chi connectivity index (χ0v) is 10.8. The van der Waals surface area contributed by atoms with Crippen molar-refractivity contribution in [2.24, 2.45) is 0 Å². The molecule has 1 aromatic rings. The molecule has 0 spiro atoms. The third-order valence-corrected chi connectivity index (χ3v) is 3.84. The molecule has 17 heavy (non-hydrogen) atoms. The summed E-state index contributed by atoms with van der Waals surface area (Å²) in [6, 6.07) is 0.445. The van der Waals surface area contributed by atoms with Gasteiger partial charge in [0.2, 0.25) is 5.88 Å². The highest BCUT2D eigenvalue weighted by molar-refractivity contribution is 7.99. The maximum atomic E-state index is 5.97. The van der Waals surface area contributed by atoms with Crippen molar-refractivity contribution in [3.05, 3.63) is 6.33 Å². The molecule has 0 saturated carbocycles. The summed E-state index contributed by atoms with van der Waals surface area (Å²) in [5, 5.41) is 3.37. The first kappa shape index (κ1) is 12.3. The summed E-state index contributed by atoms with van der Waals surface area (Å²) in [5.74, 6) is 3.51. The standard InChI is InChI=1S/C11H18N4OS/c1-2-16-11-9(12)10(13-7-14-11)15-8-4-3-5-17-6-8/h7-8H,2-6,12H2,1H3,(H,13,14,15). The second-order valence-corrected chi connectivity index (χ2v) is 5.08. The van der Waals surface area contributed by atoms with Crippen molar-refractivity contribution in [1.29, 1.82) is 0 Å². The summed E-state index contributed by atoms with van der Waals surface area (Å²) >= 11 is 1.96. The van der Waals surface area contributed by atoms with Gasteiger partial charge in [-0.05, 0) is 25.5 Å². The minimum Gasteiger partial charge on any atom is -0.476 e. The van der Waals surface area contributed by atoms with Crippen LogP contribution in [0.4, 0.5) is 11.5 Å². The van der Waals surface area contributed by atoms with E-state index in [2.05, 4.69) is 15.3 Å². The normalized spacial score (nSPS) is 19.9. The van der Waals surface area contributed by atoms with Crippen LogP contribution in [0, 0.1) is 0 Å².